The Morgan fingerprint density at radius 2 is 1.62 bits per heavy atom. The molecule has 0 bridgehead atoms. The van der Waals surface area contributed by atoms with E-state index in [1.54, 1.807) is 26.6 Å². The number of hydrogen-bond donors (Lipinski definition) is 0. The van der Waals surface area contributed by atoms with Crippen molar-refractivity contribution in [1.29, 1.82) is 0 Å². The Bertz CT molecular complexity index is 446. The van der Waals surface area contributed by atoms with Crippen LogP contribution in [0.3, 0.4) is 0 Å². The van der Waals surface area contributed by atoms with Crippen molar-refractivity contribution in [2.75, 3.05) is 14.2 Å². The van der Waals surface area contributed by atoms with Gasteiger partial charge in [-0.1, -0.05) is 12.1 Å². The fraction of sp³-hybridized carbons (Fsp3) is 0.154. The molecule has 0 saturated carbocycles. The van der Waals surface area contributed by atoms with Crippen molar-refractivity contribution < 1.29 is 9.47 Å². The summed E-state index contributed by atoms with van der Waals surface area (Å²) < 4.78 is 10.7. The van der Waals surface area contributed by atoms with Gasteiger partial charge in [0.05, 0.1) is 19.8 Å². The van der Waals surface area contributed by atoms with Crippen molar-refractivity contribution in [3.8, 4) is 22.6 Å². The number of aromatic nitrogens is 1. The molecule has 0 aliphatic carbocycles. The zero-order valence-corrected chi connectivity index (χ0v) is 9.31. The van der Waals surface area contributed by atoms with Crippen molar-refractivity contribution in [3.63, 3.8) is 0 Å². The molecule has 3 heteroatoms. The largest absolute Gasteiger partial charge is 0.496 e. The highest BCUT2D eigenvalue weighted by molar-refractivity contribution is 5.76. The molecule has 0 fully saturated rings. The molecule has 1 heterocycles. The summed E-state index contributed by atoms with van der Waals surface area (Å²) in [7, 11) is 3.29. The van der Waals surface area contributed by atoms with Gasteiger partial charge in [-0.05, 0) is 18.2 Å². The summed E-state index contributed by atoms with van der Waals surface area (Å²) >= 11 is 0. The number of nitrogens with zero attached hydrogens (tertiary/aromatic N) is 1. The van der Waals surface area contributed by atoms with Crippen LogP contribution < -0.4 is 9.47 Å². The third-order valence-electron chi connectivity index (χ3n) is 2.38. The van der Waals surface area contributed by atoms with E-state index < -0.39 is 0 Å². The zero-order valence-electron chi connectivity index (χ0n) is 9.31. The van der Waals surface area contributed by atoms with Crippen molar-refractivity contribution in [2.24, 2.45) is 0 Å². The van der Waals surface area contributed by atoms with E-state index in [9.17, 15) is 0 Å². The molecule has 0 unspecified atom stereocenters. The Labute approximate surface area is 94.7 Å². The summed E-state index contributed by atoms with van der Waals surface area (Å²) in [5.41, 5.74) is 1.91. The SMILES string of the molecule is COc1cccc(OC)c1-c1cccnc1. The Hall–Kier alpha value is -2.03. The molecule has 82 valence electrons. The van der Waals surface area contributed by atoms with Gasteiger partial charge in [0.15, 0.2) is 0 Å². The summed E-state index contributed by atoms with van der Waals surface area (Å²) in [6.07, 6.45) is 3.53. The van der Waals surface area contributed by atoms with Gasteiger partial charge in [0.1, 0.15) is 11.5 Å². The predicted octanol–water partition coefficient (Wildman–Crippen LogP) is 2.77. The second-order valence-electron chi connectivity index (χ2n) is 3.28. The molecule has 2 aromatic rings. The van der Waals surface area contributed by atoms with Gasteiger partial charge in [0, 0.05) is 18.0 Å². The van der Waals surface area contributed by atoms with Gasteiger partial charge in [-0.2, -0.15) is 0 Å². The standard InChI is InChI=1S/C13H13NO2/c1-15-11-6-3-7-12(16-2)13(11)10-5-4-8-14-9-10/h3-9H,1-2H3. The highest BCUT2D eigenvalue weighted by Crippen LogP contribution is 2.37. The number of rotatable bonds is 3. The van der Waals surface area contributed by atoms with Gasteiger partial charge in [-0.15, -0.1) is 0 Å². The first-order valence-electron chi connectivity index (χ1n) is 4.98. The molecule has 0 amide bonds. The quantitative estimate of drug-likeness (QED) is 0.788. The lowest BCUT2D eigenvalue weighted by molar-refractivity contribution is 0.397. The van der Waals surface area contributed by atoms with Crippen LogP contribution in [0.15, 0.2) is 42.7 Å². The minimum Gasteiger partial charge on any atom is -0.496 e. The zero-order chi connectivity index (χ0) is 11.4. The second kappa shape index (κ2) is 4.66. The van der Waals surface area contributed by atoms with Crippen LogP contribution in [0.2, 0.25) is 0 Å². The first-order chi connectivity index (χ1) is 7.86. The first kappa shape index (κ1) is 10.5. The predicted molar refractivity (Wildman–Crippen MR) is 62.8 cm³/mol. The maximum Gasteiger partial charge on any atom is 0.130 e. The van der Waals surface area contributed by atoms with Crippen LogP contribution in [0.5, 0.6) is 11.5 Å². The second-order valence-corrected chi connectivity index (χ2v) is 3.28. The highest BCUT2D eigenvalue weighted by Gasteiger charge is 2.11. The van der Waals surface area contributed by atoms with Gasteiger partial charge < -0.3 is 9.47 Å². The first-order valence-corrected chi connectivity index (χ1v) is 4.98. The van der Waals surface area contributed by atoms with Gasteiger partial charge in [-0.3, -0.25) is 4.98 Å². The van der Waals surface area contributed by atoms with E-state index in [1.807, 2.05) is 30.3 Å². The lowest BCUT2D eigenvalue weighted by Crippen LogP contribution is -1.92. The Morgan fingerprint density at radius 1 is 0.938 bits per heavy atom. The van der Waals surface area contributed by atoms with Crippen LogP contribution in [0, 0.1) is 0 Å². The van der Waals surface area contributed by atoms with E-state index in [0.717, 1.165) is 22.6 Å². The average Bonchev–Trinajstić information content (AvgIpc) is 2.38. The van der Waals surface area contributed by atoms with Gasteiger partial charge in [-0.25, -0.2) is 0 Å². The van der Waals surface area contributed by atoms with Crippen LogP contribution in [0.1, 0.15) is 0 Å². The van der Waals surface area contributed by atoms with Crippen LogP contribution in [0.4, 0.5) is 0 Å². The summed E-state index contributed by atoms with van der Waals surface area (Å²) in [6, 6.07) is 9.59. The average molecular weight is 215 g/mol. The van der Waals surface area contributed by atoms with E-state index in [0.29, 0.717) is 0 Å². The third kappa shape index (κ3) is 1.84. The fourth-order valence-electron chi connectivity index (χ4n) is 1.65. The number of ether oxygens (including phenoxy) is 2. The van der Waals surface area contributed by atoms with Crippen LogP contribution >= 0.6 is 0 Å². The summed E-state index contributed by atoms with van der Waals surface area (Å²) in [5, 5.41) is 0. The molecular formula is C13H13NO2. The number of methoxy groups -OCH3 is 2. The maximum absolute atomic E-state index is 5.33. The monoisotopic (exact) mass is 215 g/mol. The molecule has 0 aliphatic rings. The highest BCUT2D eigenvalue weighted by atomic mass is 16.5. The molecule has 16 heavy (non-hydrogen) atoms. The van der Waals surface area contributed by atoms with E-state index >= 15 is 0 Å². The Morgan fingerprint density at radius 3 is 2.12 bits per heavy atom. The van der Waals surface area contributed by atoms with E-state index in [-0.39, 0.29) is 0 Å². The van der Waals surface area contributed by atoms with Gasteiger partial charge in [0.2, 0.25) is 0 Å². The Kier molecular flexibility index (Phi) is 3.05. The lowest BCUT2D eigenvalue weighted by Gasteiger charge is -2.12. The molecule has 0 N–H and O–H groups in total. The molecule has 2 rings (SSSR count). The summed E-state index contributed by atoms with van der Waals surface area (Å²) in [5.74, 6) is 1.57. The number of hydrogen-bond acceptors (Lipinski definition) is 3. The lowest BCUT2D eigenvalue weighted by atomic mass is 10.1. The fourth-order valence-corrected chi connectivity index (χ4v) is 1.65. The molecule has 3 nitrogen and oxygen atoms in total. The molecule has 0 saturated heterocycles. The van der Waals surface area contributed by atoms with Gasteiger partial charge in [0.25, 0.3) is 0 Å². The van der Waals surface area contributed by atoms with Crippen molar-refractivity contribution >= 4 is 0 Å². The van der Waals surface area contributed by atoms with E-state index in [4.69, 9.17) is 9.47 Å². The molecular weight excluding hydrogens is 202 g/mol. The molecule has 1 aromatic carbocycles. The normalized spacial score (nSPS) is 9.88. The Balaban J connectivity index is 2.62. The minimum absolute atomic E-state index is 0.785. The molecule has 0 atom stereocenters. The van der Waals surface area contributed by atoms with Crippen LogP contribution in [0.25, 0.3) is 11.1 Å². The van der Waals surface area contributed by atoms with E-state index in [1.165, 1.54) is 0 Å². The smallest absolute Gasteiger partial charge is 0.130 e. The van der Waals surface area contributed by atoms with Gasteiger partial charge >= 0.3 is 0 Å². The third-order valence-corrected chi connectivity index (χ3v) is 2.38. The molecule has 0 aliphatic heterocycles. The van der Waals surface area contributed by atoms with Crippen LogP contribution in [-0.4, -0.2) is 19.2 Å². The molecule has 0 spiro atoms. The van der Waals surface area contributed by atoms with Crippen molar-refractivity contribution in [3.05, 3.63) is 42.7 Å². The summed E-state index contributed by atoms with van der Waals surface area (Å²) in [4.78, 5) is 4.10. The molecule has 1 aromatic heterocycles. The van der Waals surface area contributed by atoms with Crippen molar-refractivity contribution in [1.82, 2.24) is 4.98 Å². The summed E-state index contributed by atoms with van der Waals surface area (Å²) in [6.45, 7) is 0. The van der Waals surface area contributed by atoms with E-state index in [2.05, 4.69) is 4.98 Å². The van der Waals surface area contributed by atoms with Crippen molar-refractivity contribution in [2.45, 2.75) is 0 Å². The number of pyridine rings is 1. The minimum atomic E-state index is 0.785. The topological polar surface area (TPSA) is 31.4 Å². The maximum atomic E-state index is 5.33. The number of benzene rings is 1. The van der Waals surface area contributed by atoms with Crippen LogP contribution in [-0.2, 0) is 0 Å². The molecule has 0 radical (unpaired) electrons.